The van der Waals surface area contributed by atoms with Gasteiger partial charge in [-0.2, -0.15) is 0 Å². The van der Waals surface area contributed by atoms with Crippen LogP contribution in [0, 0.1) is 5.41 Å². The first kappa shape index (κ1) is 17.5. The smallest absolute Gasteiger partial charge is 0.311 e. The number of nitrogen functional groups attached to an aromatic ring is 1. The van der Waals surface area contributed by atoms with Crippen LogP contribution in [-0.2, 0) is 9.59 Å². The van der Waals surface area contributed by atoms with E-state index in [-0.39, 0.29) is 31.1 Å². The molecule has 0 spiro atoms. The van der Waals surface area contributed by atoms with Gasteiger partial charge in [-0.1, -0.05) is 24.3 Å². The van der Waals surface area contributed by atoms with Crippen LogP contribution in [0.2, 0.25) is 0 Å². The number of nitrogens with one attached hydrogen (secondary N) is 1. The number of ether oxygens (including phenoxy) is 1. The predicted molar refractivity (Wildman–Crippen MR) is 86.3 cm³/mol. The van der Waals surface area contributed by atoms with Crippen molar-refractivity contribution in [3.05, 3.63) is 42.0 Å². The van der Waals surface area contributed by atoms with Gasteiger partial charge in [-0.25, -0.2) is 0 Å². The summed E-state index contributed by atoms with van der Waals surface area (Å²) in [5, 5.41) is 8.97. The third-order valence-corrected chi connectivity index (χ3v) is 2.97. The molecule has 7 heteroatoms. The number of hydrogen-bond acceptors (Lipinski definition) is 4. The molecule has 2 aromatic rings. The van der Waals surface area contributed by atoms with Crippen molar-refractivity contribution in [1.29, 1.82) is 5.41 Å². The van der Waals surface area contributed by atoms with Gasteiger partial charge in [0.2, 0.25) is 5.91 Å². The van der Waals surface area contributed by atoms with Crippen LogP contribution in [-0.4, -0.2) is 17.7 Å². The Balaban J connectivity index is 0.00000242. The molecule has 116 valence electrons. The van der Waals surface area contributed by atoms with Crippen LogP contribution < -0.4 is 16.2 Å². The highest BCUT2D eigenvalue weighted by Crippen LogP contribution is 2.28. The standard InChI is InChI=1S/C15H15N3O3.ClH/c16-13(19)7-8-14(20)21-12-6-5-11(15(17)18)9-3-1-2-4-10(9)12;/h1-6H,7-8H2,(H2,16,19)(H3,17,18);1H. The number of fused-ring (bicyclic) bond motifs is 1. The van der Waals surface area contributed by atoms with Gasteiger partial charge in [-0.3, -0.25) is 15.0 Å². The number of amides is 1. The number of carbonyl (C=O) groups excluding carboxylic acids is 2. The van der Waals surface area contributed by atoms with E-state index in [4.69, 9.17) is 21.6 Å². The number of primary amides is 1. The van der Waals surface area contributed by atoms with Crippen LogP contribution in [0.1, 0.15) is 18.4 Å². The third kappa shape index (κ3) is 3.95. The summed E-state index contributed by atoms with van der Waals surface area (Å²) in [6.45, 7) is 0. The van der Waals surface area contributed by atoms with Gasteiger partial charge in [0, 0.05) is 17.4 Å². The second-order valence-electron chi connectivity index (χ2n) is 4.51. The summed E-state index contributed by atoms with van der Waals surface area (Å²) in [5.74, 6) is -0.777. The van der Waals surface area contributed by atoms with E-state index in [0.29, 0.717) is 16.7 Å². The van der Waals surface area contributed by atoms with E-state index < -0.39 is 11.9 Å². The Hall–Kier alpha value is -2.60. The van der Waals surface area contributed by atoms with E-state index in [2.05, 4.69) is 0 Å². The molecule has 2 rings (SSSR count). The number of rotatable bonds is 5. The molecule has 5 N–H and O–H groups in total. The number of esters is 1. The minimum Gasteiger partial charge on any atom is -0.426 e. The summed E-state index contributed by atoms with van der Waals surface area (Å²) in [6.07, 6.45) is -0.125. The van der Waals surface area contributed by atoms with E-state index >= 15 is 0 Å². The second-order valence-corrected chi connectivity index (χ2v) is 4.51. The summed E-state index contributed by atoms with van der Waals surface area (Å²) in [7, 11) is 0. The number of hydrogen-bond donors (Lipinski definition) is 3. The molecule has 0 fully saturated rings. The molecule has 0 aliphatic heterocycles. The van der Waals surface area contributed by atoms with Crippen molar-refractivity contribution >= 4 is 40.9 Å². The van der Waals surface area contributed by atoms with Crippen LogP contribution in [0.5, 0.6) is 5.75 Å². The van der Waals surface area contributed by atoms with Crippen molar-refractivity contribution in [2.24, 2.45) is 11.5 Å². The SMILES string of the molecule is Cl.N=C(N)c1ccc(OC(=O)CCC(N)=O)c2ccccc12. The fourth-order valence-corrected chi connectivity index (χ4v) is 1.99. The number of amidine groups is 1. The van der Waals surface area contributed by atoms with Crippen LogP contribution in [0.4, 0.5) is 0 Å². The maximum absolute atomic E-state index is 11.7. The molecule has 0 aromatic heterocycles. The van der Waals surface area contributed by atoms with Crippen LogP contribution >= 0.6 is 12.4 Å². The summed E-state index contributed by atoms with van der Waals surface area (Å²) in [5.41, 5.74) is 11.1. The molecule has 0 aliphatic carbocycles. The molecule has 0 atom stereocenters. The molecule has 2 aromatic carbocycles. The van der Waals surface area contributed by atoms with Gasteiger partial charge in [0.05, 0.1) is 6.42 Å². The Bertz CT molecular complexity index is 731. The zero-order chi connectivity index (χ0) is 15.4. The lowest BCUT2D eigenvalue weighted by atomic mass is 10.0. The Morgan fingerprint density at radius 3 is 2.23 bits per heavy atom. The maximum atomic E-state index is 11.7. The van der Waals surface area contributed by atoms with E-state index in [1.54, 1.807) is 30.3 Å². The van der Waals surface area contributed by atoms with Gasteiger partial charge >= 0.3 is 5.97 Å². The second kappa shape index (κ2) is 7.42. The molecular weight excluding hydrogens is 306 g/mol. The predicted octanol–water partition coefficient (Wildman–Crippen LogP) is 1.72. The number of halogens is 1. The van der Waals surface area contributed by atoms with Crippen LogP contribution in [0.3, 0.4) is 0 Å². The lowest BCUT2D eigenvalue weighted by molar-refractivity contribution is -0.136. The molecule has 0 bridgehead atoms. The Morgan fingerprint density at radius 1 is 1.00 bits per heavy atom. The zero-order valence-corrected chi connectivity index (χ0v) is 12.5. The lowest BCUT2D eigenvalue weighted by Crippen LogP contribution is -2.16. The average Bonchev–Trinajstić information content (AvgIpc) is 2.45. The Morgan fingerprint density at radius 2 is 1.64 bits per heavy atom. The van der Waals surface area contributed by atoms with Gasteiger partial charge in [0.15, 0.2) is 0 Å². The third-order valence-electron chi connectivity index (χ3n) is 2.97. The van der Waals surface area contributed by atoms with Crippen molar-refractivity contribution in [2.75, 3.05) is 0 Å². The topological polar surface area (TPSA) is 119 Å². The molecular formula is C15H16ClN3O3. The molecule has 0 saturated heterocycles. The van der Waals surface area contributed by atoms with Crippen molar-refractivity contribution in [3.63, 3.8) is 0 Å². The molecule has 22 heavy (non-hydrogen) atoms. The fraction of sp³-hybridized carbons (Fsp3) is 0.133. The summed E-state index contributed by atoms with van der Waals surface area (Å²) in [4.78, 5) is 22.3. The highest BCUT2D eigenvalue weighted by Gasteiger charge is 2.12. The van der Waals surface area contributed by atoms with Crippen molar-refractivity contribution < 1.29 is 14.3 Å². The minimum absolute atomic E-state index is 0. The first-order valence-corrected chi connectivity index (χ1v) is 6.34. The average molecular weight is 322 g/mol. The summed E-state index contributed by atoms with van der Waals surface area (Å²) >= 11 is 0. The van der Waals surface area contributed by atoms with Gasteiger partial charge in [0.1, 0.15) is 11.6 Å². The van der Waals surface area contributed by atoms with Crippen LogP contribution in [0.25, 0.3) is 10.8 Å². The normalized spacial score (nSPS) is 9.82. The molecule has 0 aliphatic rings. The van der Waals surface area contributed by atoms with E-state index in [1.807, 2.05) is 6.07 Å². The first-order chi connectivity index (χ1) is 9.99. The number of carbonyl (C=O) groups is 2. The highest BCUT2D eigenvalue weighted by molar-refractivity contribution is 6.09. The quantitative estimate of drug-likeness (QED) is 0.336. The minimum atomic E-state index is -0.552. The molecule has 0 unspecified atom stereocenters. The van der Waals surface area contributed by atoms with E-state index in [1.165, 1.54) is 0 Å². The summed E-state index contributed by atoms with van der Waals surface area (Å²) < 4.78 is 5.25. The van der Waals surface area contributed by atoms with Gasteiger partial charge in [-0.15, -0.1) is 12.4 Å². The zero-order valence-electron chi connectivity index (χ0n) is 11.7. The van der Waals surface area contributed by atoms with Gasteiger partial charge < -0.3 is 16.2 Å². The molecule has 1 amide bonds. The molecule has 0 radical (unpaired) electrons. The van der Waals surface area contributed by atoms with E-state index in [0.717, 1.165) is 5.39 Å². The molecule has 0 saturated carbocycles. The van der Waals surface area contributed by atoms with Gasteiger partial charge in [0.25, 0.3) is 0 Å². The number of nitrogens with two attached hydrogens (primary N) is 2. The van der Waals surface area contributed by atoms with Crippen molar-refractivity contribution in [1.82, 2.24) is 0 Å². The fourth-order valence-electron chi connectivity index (χ4n) is 1.99. The Kier molecular flexibility index (Phi) is 5.89. The van der Waals surface area contributed by atoms with Crippen molar-refractivity contribution in [2.45, 2.75) is 12.8 Å². The van der Waals surface area contributed by atoms with Crippen LogP contribution in [0.15, 0.2) is 36.4 Å². The molecule has 0 heterocycles. The van der Waals surface area contributed by atoms with Crippen molar-refractivity contribution in [3.8, 4) is 5.75 Å². The first-order valence-electron chi connectivity index (χ1n) is 6.34. The largest absolute Gasteiger partial charge is 0.426 e. The Labute approximate surface area is 133 Å². The highest BCUT2D eigenvalue weighted by atomic mass is 35.5. The molecule has 6 nitrogen and oxygen atoms in total. The number of benzene rings is 2. The monoisotopic (exact) mass is 321 g/mol. The van der Waals surface area contributed by atoms with Gasteiger partial charge in [-0.05, 0) is 17.5 Å². The lowest BCUT2D eigenvalue weighted by Gasteiger charge is -2.10. The maximum Gasteiger partial charge on any atom is 0.311 e. The van der Waals surface area contributed by atoms with E-state index in [9.17, 15) is 9.59 Å². The summed E-state index contributed by atoms with van der Waals surface area (Å²) in [6, 6.07) is 10.4.